The van der Waals surface area contributed by atoms with Crippen molar-refractivity contribution < 1.29 is 19.0 Å². The molecule has 6 heteroatoms. The number of carbonyl (C=O) groups is 1. The first-order valence-corrected chi connectivity index (χ1v) is 8.95. The van der Waals surface area contributed by atoms with Crippen LogP contribution in [0.3, 0.4) is 0 Å². The lowest BCUT2D eigenvalue weighted by Gasteiger charge is -2.14. The Morgan fingerprint density at radius 1 is 1.12 bits per heavy atom. The second kappa shape index (κ2) is 10.0. The number of methoxy groups -OCH3 is 1. The highest BCUT2D eigenvalue weighted by Gasteiger charge is 2.13. The Balaban J connectivity index is 2.22. The summed E-state index contributed by atoms with van der Waals surface area (Å²) in [5, 5.41) is 3.35. The highest BCUT2D eigenvalue weighted by atomic mass is 35.5. The molecule has 26 heavy (non-hydrogen) atoms. The maximum absolute atomic E-state index is 12.7. The summed E-state index contributed by atoms with van der Waals surface area (Å²) < 4.78 is 16.5. The molecule has 0 heterocycles. The Hall–Kier alpha value is -2.24. The lowest BCUT2D eigenvalue weighted by molar-refractivity contribution is 0.102. The number of amides is 1. The molecule has 0 saturated carbocycles. The van der Waals surface area contributed by atoms with Crippen LogP contribution >= 0.6 is 11.6 Å². The van der Waals surface area contributed by atoms with Crippen LogP contribution in [0.2, 0.25) is 5.02 Å². The van der Waals surface area contributed by atoms with Gasteiger partial charge in [0.1, 0.15) is 11.5 Å². The third-order valence-electron chi connectivity index (χ3n) is 3.64. The summed E-state index contributed by atoms with van der Waals surface area (Å²) >= 11 is 6.02. The third-order valence-corrected chi connectivity index (χ3v) is 3.87. The minimum atomic E-state index is -0.259. The van der Waals surface area contributed by atoms with E-state index in [1.165, 1.54) is 0 Å². The van der Waals surface area contributed by atoms with E-state index in [0.29, 0.717) is 41.8 Å². The van der Waals surface area contributed by atoms with E-state index in [0.717, 1.165) is 17.7 Å². The SMILES string of the molecule is CCCOCc1cc(C(=O)Nc2cc(Cl)ccc2OC)ccc1OCC. The first kappa shape index (κ1) is 20.1. The highest BCUT2D eigenvalue weighted by molar-refractivity contribution is 6.31. The van der Waals surface area contributed by atoms with Crippen molar-refractivity contribution in [3.63, 3.8) is 0 Å². The fourth-order valence-corrected chi connectivity index (χ4v) is 2.60. The molecule has 140 valence electrons. The zero-order chi connectivity index (χ0) is 18.9. The van der Waals surface area contributed by atoms with Crippen LogP contribution in [0.15, 0.2) is 36.4 Å². The fourth-order valence-electron chi connectivity index (χ4n) is 2.43. The van der Waals surface area contributed by atoms with Gasteiger partial charge in [-0.05, 0) is 49.7 Å². The number of hydrogen-bond acceptors (Lipinski definition) is 4. The third kappa shape index (κ3) is 5.38. The zero-order valence-corrected chi connectivity index (χ0v) is 16.1. The van der Waals surface area contributed by atoms with Crippen LogP contribution in [0.4, 0.5) is 5.69 Å². The minimum Gasteiger partial charge on any atom is -0.495 e. The molecule has 1 amide bonds. The largest absolute Gasteiger partial charge is 0.495 e. The second-order valence-corrected chi connectivity index (χ2v) is 6.04. The lowest BCUT2D eigenvalue weighted by Crippen LogP contribution is -2.13. The van der Waals surface area contributed by atoms with Crippen LogP contribution in [0.25, 0.3) is 0 Å². The van der Waals surface area contributed by atoms with Crippen molar-refractivity contribution in [2.24, 2.45) is 0 Å². The number of hydrogen-bond donors (Lipinski definition) is 1. The standard InChI is InChI=1S/C20H24ClNO4/c1-4-10-25-13-15-11-14(6-8-18(15)26-5-2)20(23)22-17-12-16(21)7-9-19(17)24-3/h6-9,11-12H,4-5,10,13H2,1-3H3,(H,22,23). The minimum absolute atomic E-state index is 0.259. The van der Waals surface area contributed by atoms with Crippen LogP contribution in [-0.2, 0) is 11.3 Å². The van der Waals surface area contributed by atoms with E-state index >= 15 is 0 Å². The molecule has 0 aliphatic carbocycles. The quantitative estimate of drug-likeness (QED) is 0.630. The molecule has 0 radical (unpaired) electrons. The van der Waals surface area contributed by atoms with Crippen LogP contribution in [-0.4, -0.2) is 26.2 Å². The number of ether oxygens (including phenoxy) is 3. The number of benzene rings is 2. The van der Waals surface area contributed by atoms with Gasteiger partial charge >= 0.3 is 0 Å². The summed E-state index contributed by atoms with van der Waals surface area (Å²) in [6.07, 6.45) is 0.929. The molecule has 2 aromatic rings. The maximum Gasteiger partial charge on any atom is 0.255 e. The second-order valence-electron chi connectivity index (χ2n) is 5.61. The Morgan fingerprint density at radius 2 is 1.88 bits per heavy atom. The van der Waals surface area contributed by atoms with E-state index in [1.807, 2.05) is 13.8 Å². The fraction of sp³-hybridized carbons (Fsp3) is 0.350. The van der Waals surface area contributed by atoms with Gasteiger partial charge in [-0.2, -0.15) is 0 Å². The smallest absolute Gasteiger partial charge is 0.255 e. The van der Waals surface area contributed by atoms with E-state index < -0.39 is 0 Å². The van der Waals surface area contributed by atoms with E-state index in [2.05, 4.69) is 5.32 Å². The highest BCUT2D eigenvalue weighted by Crippen LogP contribution is 2.29. The molecule has 0 fully saturated rings. The molecule has 0 atom stereocenters. The average Bonchev–Trinajstić information content (AvgIpc) is 2.63. The zero-order valence-electron chi connectivity index (χ0n) is 15.3. The Morgan fingerprint density at radius 3 is 2.58 bits per heavy atom. The first-order chi connectivity index (χ1) is 12.6. The van der Waals surface area contributed by atoms with Crippen LogP contribution in [0.1, 0.15) is 36.2 Å². The summed E-state index contributed by atoms with van der Waals surface area (Å²) in [4.78, 5) is 12.7. The van der Waals surface area contributed by atoms with E-state index in [-0.39, 0.29) is 5.91 Å². The van der Waals surface area contributed by atoms with Crippen molar-refractivity contribution in [3.05, 3.63) is 52.5 Å². The molecule has 0 aliphatic heterocycles. The van der Waals surface area contributed by atoms with Crippen molar-refractivity contribution in [1.29, 1.82) is 0 Å². The molecule has 5 nitrogen and oxygen atoms in total. The summed E-state index contributed by atoms with van der Waals surface area (Å²) in [6.45, 7) is 5.56. The lowest BCUT2D eigenvalue weighted by atomic mass is 10.1. The van der Waals surface area contributed by atoms with E-state index in [4.69, 9.17) is 25.8 Å². The molecule has 2 rings (SSSR count). The molecule has 1 N–H and O–H groups in total. The number of rotatable bonds is 9. The number of halogens is 1. The van der Waals surface area contributed by atoms with Gasteiger partial charge in [0.25, 0.3) is 5.91 Å². The monoisotopic (exact) mass is 377 g/mol. The van der Waals surface area contributed by atoms with Crippen molar-refractivity contribution in [3.8, 4) is 11.5 Å². The molecule has 0 saturated heterocycles. The Kier molecular flexibility index (Phi) is 7.75. The van der Waals surface area contributed by atoms with Crippen molar-refractivity contribution in [2.45, 2.75) is 26.9 Å². The average molecular weight is 378 g/mol. The normalized spacial score (nSPS) is 10.5. The van der Waals surface area contributed by atoms with Gasteiger partial charge in [-0.15, -0.1) is 0 Å². The molecule has 0 spiro atoms. The summed E-state index contributed by atoms with van der Waals surface area (Å²) in [6, 6.07) is 10.4. The van der Waals surface area contributed by atoms with Crippen molar-refractivity contribution in [1.82, 2.24) is 0 Å². The molecule has 0 bridgehead atoms. The van der Waals surface area contributed by atoms with E-state index in [1.54, 1.807) is 43.5 Å². The predicted molar refractivity (Wildman–Crippen MR) is 104 cm³/mol. The molecular weight excluding hydrogens is 354 g/mol. The first-order valence-electron chi connectivity index (χ1n) is 8.57. The number of anilines is 1. The van der Waals surface area contributed by atoms with Gasteiger partial charge < -0.3 is 19.5 Å². The molecule has 2 aromatic carbocycles. The topological polar surface area (TPSA) is 56.8 Å². The summed E-state index contributed by atoms with van der Waals surface area (Å²) in [5.41, 5.74) is 1.86. The van der Waals surface area contributed by atoms with Gasteiger partial charge in [0, 0.05) is 22.8 Å². The van der Waals surface area contributed by atoms with Crippen LogP contribution < -0.4 is 14.8 Å². The van der Waals surface area contributed by atoms with E-state index in [9.17, 15) is 4.79 Å². The Labute approximate surface area is 159 Å². The van der Waals surface area contributed by atoms with Gasteiger partial charge in [0.05, 0.1) is 26.0 Å². The molecule has 0 aliphatic rings. The summed E-state index contributed by atoms with van der Waals surface area (Å²) in [5.74, 6) is 1.01. The molecule has 0 unspecified atom stereocenters. The predicted octanol–water partition coefficient (Wildman–Crippen LogP) is 4.93. The van der Waals surface area contributed by atoms with Gasteiger partial charge in [0.15, 0.2) is 0 Å². The van der Waals surface area contributed by atoms with Gasteiger partial charge in [-0.3, -0.25) is 4.79 Å². The molecular formula is C20H24ClNO4. The number of nitrogens with one attached hydrogen (secondary N) is 1. The molecule has 0 aromatic heterocycles. The van der Waals surface area contributed by atoms with Gasteiger partial charge in [-0.1, -0.05) is 18.5 Å². The van der Waals surface area contributed by atoms with Crippen molar-refractivity contribution >= 4 is 23.2 Å². The van der Waals surface area contributed by atoms with Gasteiger partial charge in [0.2, 0.25) is 0 Å². The van der Waals surface area contributed by atoms with Crippen molar-refractivity contribution in [2.75, 3.05) is 25.6 Å². The summed E-state index contributed by atoms with van der Waals surface area (Å²) in [7, 11) is 1.54. The van der Waals surface area contributed by atoms with Crippen LogP contribution in [0, 0.1) is 0 Å². The van der Waals surface area contributed by atoms with Crippen LogP contribution in [0.5, 0.6) is 11.5 Å². The number of carbonyl (C=O) groups excluding carboxylic acids is 1. The van der Waals surface area contributed by atoms with Gasteiger partial charge in [-0.25, -0.2) is 0 Å². The maximum atomic E-state index is 12.7. The Bertz CT molecular complexity index is 749.